The topological polar surface area (TPSA) is 104 Å². The van der Waals surface area contributed by atoms with Gasteiger partial charge in [0.15, 0.2) is 5.60 Å². The number of carboxylic acids is 1. The maximum atomic E-state index is 13.6. The summed E-state index contributed by atoms with van der Waals surface area (Å²) in [6.07, 6.45) is 6.08. The first kappa shape index (κ1) is 28.2. The monoisotopic (exact) mass is 530 g/mol. The van der Waals surface area contributed by atoms with E-state index in [1.54, 1.807) is 12.1 Å². The number of hydrogen-bond acceptors (Lipinski definition) is 5. The molecule has 3 N–H and O–H groups in total. The van der Waals surface area contributed by atoms with Crippen molar-refractivity contribution in [3.8, 4) is 11.5 Å². The second-order valence-electron chi connectivity index (χ2n) is 10.3. The van der Waals surface area contributed by atoms with Gasteiger partial charge in [0.05, 0.1) is 22.3 Å². The van der Waals surface area contributed by atoms with E-state index in [2.05, 4.69) is 27.7 Å². The zero-order valence-corrected chi connectivity index (χ0v) is 23.3. The van der Waals surface area contributed by atoms with Crippen molar-refractivity contribution in [2.24, 2.45) is 0 Å². The van der Waals surface area contributed by atoms with E-state index in [1.165, 1.54) is 18.2 Å². The number of carbonyl (C=O) groups is 2. The number of hydrogen-bond donors (Lipinski definition) is 3. The van der Waals surface area contributed by atoms with Crippen molar-refractivity contribution < 1.29 is 29.6 Å². The molecule has 0 atom stereocenters. The second kappa shape index (κ2) is 11.5. The van der Waals surface area contributed by atoms with Gasteiger partial charge in [-0.25, -0.2) is 9.59 Å². The van der Waals surface area contributed by atoms with Crippen LogP contribution in [0.4, 0.5) is 0 Å². The molecule has 0 saturated heterocycles. The first-order valence-corrected chi connectivity index (χ1v) is 14.0. The molecule has 0 aromatic heterocycles. The van der Waals surface area contributed by atoms with E-state index < -0.39 is 17.5 Å². The molecule has 3 aromatic carbocycles. The number of ether oxygens (including phenoxy) is 1. The maximum Gasteiger partial charge on any atom is 0.340 e. The molecule has 3 aromatic rings. The van der Waals surface area contributed by atoms with Crippen LogP contribution >= 0.6 is 0 Å². The summed E-state index contributed by atoms with van der Waals surface area (Å²) in [6, 6.07) is 11.4. The minimum Gasteiger partial charge on any atom is -0.507 e. The number of rotatable bonds is 11. The summed E-state index contributed by atoms with van der Waals surface area (Å²) in [5, 5.41) is 33.0. The smallest absolute Gasteiger partial charge is 0.340 e. The van der Waals surface area contributed by atoms with Crippen LogP contribution in [0.5, 0.6) is 11.5 Å². The fourth-order valence-electron chi connectivity index (χ4n) is 6.11. The number of esters is 1. The Morgan fingerprint density at radius 2 is 1.23 bits per heavy atom. The van der Waals surface area contributed by atoms with Gasteiger partial charge < -0.3 is 20.1 Å². The standard InChI is InChI=1S/C33H38O6/c1-5-9-20-14-17-27(34)29(23(20)11-7-3)33(26-19-22(31(36)37)13-16-25(26)32(38)39-33)30-24(12-8-4)21(10-6-2)15-18-28(30)35/h13-19,34-35H,5-12H2,1-4H3,(H,36,37). The van der Waals surface area contributed by atoms with Gasteiger partial charge in [0.1, 0.15) is 11.5 Å². The van der Waals surface area contributed by atoms with Crippen LogP contribution in [-0.4, -0.2) is 27.3 Å². The predicted octanol–water partition coefficient (Wildman–Crippen LogP) is 7.07. The Hall–Kier alpha value is -3.80. The van der Waals surface area contributed by atoms with Crippen molar-refractivity contribution >= 4 is 11.9 Å². The van der Waals surface area contributed by atoms with E-state index in [4.69, 9.17) is 4.74 Å². The third-order valence-corrected chi connectivity index (χ3v) is 7.63. The Balaban J connectivity index is 2.26. The van der Waals surface area contributed by atoms with E-state index in [-0.39, 0.29) is 22.6 Å². The summed E-state index contributed by atoms with van der Waals surface area (Å²) in [7, 11) is 0. The second-order valence-corrected chi connectivity index (χ2v) is 10.3. The fraction of sp³-hybridized carbons (Fsp3) is 0.394. The van der Waals surface area contributed by atoms with Crippen molar-refractivity contribution in [2.75, 3.05) is 0 Å². The minimum absolute atomic E-state index is 0.00101. The van der Waals surface area contributed by atoms with Crippen molar-refractivity contribution in [3.63, 3.8) is 0 Å². The molecule has 206 valence electrons. The molecular formula is C33H38O6. The number of cyclic esters (lactones) is 1. The van der Waals surface area contributed by atoms with E-state index in [0.29, 0.717) is 29.5 Å². The predicted molar refractivity (Wildman–Crippen MR) is 151 cm³/mol. The number of carbonyl (C=O) groups excluding carboxylic acids is 1. The highest BCUT2D eigenvalue weighted by Gasteiger charge is 2.54. The molecule has 0 fully saturated rings. The lowest BCUT2D eigenvalue weighted by molar-refractivity contribution is 0.0234. The van der Waals surface area contributed by atoms with Gasteiger partial charge >= 0.3 is 11.9 Å². The summed E-state index contributed by atoms with van der Waals surface area (Å²) in [5.41, 5.74) is 3.45. The minimum atomic E-state index is -1.71. The first-order valence-electron chi connectivity index (χ1n) is 14.0. The average molecular weight is 531 g/mol. The molecule has 0 spiro atoms. The van der Waals surface area contributed by atoms with Crippen molar-refractivity contribution in [2.45, 2.75) is 84.7 Å². The van der Waals surface area contributed by atoms with E-state index >= 15 is 0 Å². The van der Waals surface area contributed by atoms with Gasteiger partial charge in [-0.2, -0.15) is 0 Å². The van der Waals surface area contributed by atoms with Gasteiger partial charge in [-0.3, -0.25) is 0 Å². The highest BCUT2D eigenvalue weighted by Crippen LogP contribution is 2.55. The summed E-state index contributed by atoms with van der Waals surface area (Å²) in [6.45, 7) is 8.27. The van der Waals surface area contributed by atoms with Crippen molar-refractivity contribution in [1.29, 1.82) is 0 Å². The maximum absolute atomic E-state index is 13.6. The molecule has 0 radical (unpaired) electrons. The lowest BCUT2D eigenvalue weighted by atomic mass is 9.72. The molecule has 0 saturated carbocycles. The quantitative estimate of drug-likeness (QED) is 0.229. The van der Waals surface area contributed by atoms with E-state index in [1.807, 2.05) is 12.1 Å². The summed E-state index contributed by atoms with van der Waals surface area (Å²) >= 11 is 0. The van der Waals surface area contributed by atoms with Crippen LogP contribution in [0, 0.1) is 0 Å². The van der Waals surface area contributed by atoms with Crippen LogP contribution in [0.2, 0.25) is 0 Å². The molecule has 39 heavy (non-hydrogen) atoms. The van der Waals surface area contributed by atoms with E-state index in [0.717, 1.165) is 60.8 Å². The Labute approximate surface area is 230 Å². The van der Waals surface area contributed by atoms with Gasteiger partial charge in [-0.1, -0.05) is 65.5 Å². The van der Waals surface area contributed by atoms with Crippen LogP contribution in [0.25, 0.3) is 0 Å². The number of aryl methyl sites for hydroxylation is 2. The number of aromatic carboxylic acids is 1. The Kier molecular flexibility index (Phi) is 8.34. The first-order chi connectivity index (χ1) is 18.7. The van der Waals surface area contributed by atoms with Crippen LogP contribution in [0.15, 0.2) is 42.5 Å². The lowest BCUT2D eigenvalue weighted by Crippen LogP contribution is -2.33. The SMILES string of the molecule is CCCc1ccc(O)c(C2(c3c(O)ccc(CCC)c3CCC)OC(=O)c3ccc(C(=O)O)cc32)c1CCC. The number of benzene rings is 3. The molecular weight excluding hydrogens is 492 g/mol. The molecule has 6 nitrogen and oxygen atoms in total. The normalized spacial score (nSPS) is 13.8. The zero-order chi connectivity index (χ0) is 28.3. The van der Waals surface area contributed by atoms with Crippen molar-refractivity contribution in [3.05, 3.63) is 92.5 Å². The molecule has 1 heterocycles. The molecule has 1 aliphatic rings. The molecule has 0 aliphatic carbocycles. The van der Waals surface area contributed by atoms with Gasteiger partial charge in [0, 0.05) is 5.56 Å². The van der Waals surface area contributed by atoms with Crippen LogP contribution in [0.1, 0.15) is 113 Å². The van der Waals surface area contributed by atoms with Gasteiger partial charge in [-0.15, -0.1) is 0 Å². The molecule has 4 rings (SSSR count). The molecule has 1 aliphatic heterocycles. The average Bonchev–Trinajstić information content (AvgIpc) is 3.19. The van der Waals surface area contributed by atoms with Gasteiger partial charge in [-0.05, 0) is 78.3 Å². The lowest BCUT2D eigenvalue weighted by Gasteiger charge is -2.36. The Bertz CT molecular complexity index is 1340. The zero-order valence-electron chi connectivity index (χ0n) is 23.3. The number of fused-ring (bicyclic) bond motifs is 1. The van der Waals surface area contributed by atoms with Gasteiger partial charge in [0.2, 0.25) is 0 Å². The largest absolute Gasteiger partial charge is 0.507 e. The molecule has 0 amide bonds. The summed E-state index contributed by atoms with van der Waals surface area (Å²) < 4.78 is 6.38. The Morgan fingerprint density at radius 3 is 1.67 bits per heavy atom. The summed E-state index contributed by atoms with van der Waals surface area (Å²) in [5.74, 6) is -1.86. The summed E-state index contributed by atoms with van der Waals surface area (Å²) in [4.78, 5) is 25.7. The van der Waals surface area contributed by atoms with Crippen LogP contribution in [0.3, 0.4) is 0 Å². The number of phenols is 2. The number of phenolic OH excluding ortho intramolecular Hbond substituents is 2. The molecule has 0 bridgehead atoms. The van der Waals surface area contributed by atoms with Crippen molar-refractivity contribution in [1.82, 2.24) is 0 Å². The van der Waals surface area contributed by atoms with Crippen LogP contribution < -0.4 is 0 Å². The molecule has 0 unspecified atom stereocenters. The van der Waals surface area contributed by atoms with Gasteiger partial charge in [0.25, 0.3) is 0 Å². The molecule has 6 heteroatoms. The third kappa shape index (κ3) is 4.77. The number of carboxylic acid groups (broad SMARTS) is 1. The van der Waals surface area contributed by atoms with E-state index in [9.17, 15) is 24.9 Å². The highest BCUT2D eigenvalue weighted by molar-refractivity contribution is 5.99. The highest BCUT2D eigenvalue weighted by atomic mass is 16.6. The number of aromatic hydroxyl groups is 2. The Morgan fingerprint density at radius 1 is 0.744 bits per heavy atom. The fourth-order valence-corrected chi connectivity index (χ4v) is 6.11. The van der Waals surface area contributed by atoms with Crippen LogP contribution in [-0.2, 0) is 36.0 Å². The third-order valence-electron chi connectivity index (χ3n) is 7.63.